The van der Waals surface area contributed by atoms with E-state index in [4.69, 9.17) is 0 Å². The van der Waals surface area contributed by atoms with Crippen LogP contribution in [0.5, 0.6) is 0 Å². The Bertz CT molecular complexity index is 319. The Morgan fingerprint density at radius 3 is 2.38 bits per heavy atom. The first kappa shape index (κ1) is 13.9. The van der Waals surface area contributed by atoms with Gasteiger partial charge in [-0.15, -0.1) is 0 Å². The van der Waals surface area contributed by atoms with Crippen molar-refractivity contribution < 1.29 is 13.5 Å². The summed E-state index contributed by atoms with van der Waals surface area (Å²) in [7, 11) is -2.99. The average molecular weight is 249 g/mol. The summed E-state index contributed by atoms with van der Waals surface area (Å²) in [6, 6.07) is -0.00447. The third-order valence-corrected chi connectivity index (χ3v) is 4.71. The fourth-order valence-electron chi connectivity index (χ4n) is 2.22. The molecule has 1 saturated carbocycles. The van der Waals surface area contributed by atoms with Crippen LogP contribution in [-0.2, 0) is 9.84 Å². The highest BCUT2D eigenvalue weighted by molar-refractivity contribution is 7.91. The van der Waals surface area contributed by atoms with Gasteiger partial charge >= 0.3 is 0 Å². The minimum Gasteiger partial charge on any atom is -0.389 e. The number of aliphatic hydroxyl groups is 1. The van der Waals surface area contributed by atoms with Crippen molar-refractivity contribution in [3.63, 3.8) is 0 Å². The van der Waals surface area contributed by atoms with Gasteiger partial charge < -0.3 is 10.4 Å². The molecule has 16 heavy (non-hydrogen) atoms. The summed E-state index contributed by atoms with van der Waals surface area (Å²) in [5, 5.41) is 12.5. The van der Waals surface area contributed by atoms with Crippen molar-refractivity contribution in [3.8, 4) is 0 Å². The average Bonchev–Trinajstić information content (AvgIpc) is 2.12. The van der Waals surface area contributed by atoms with Gasteiger partial charge in [-0.1, -0.05) is 12.8 Å². The molecular weight excluding hydrogens is 226 g/mol. The molecule has 0 bridgehead atoms. The van der Waals surface area contributed by atoms with Crippen molar-refractivity contribution in [2.45, 2.75) is 56.4 Å². The number of hydrogen-bond acceptors (Lipinski definition) is 4. The molecule has 2 atom stereocenters. The maximum absolute atomic E-state index is 11.6. The second kappa shape index (κ2) is 5.02. The van der Waals surface area contributed by atoms with Crippen LogP contribution in [0, 0.1) is 0 Å². The molecule has 1 aliphatic carbocycles. The number of rotatable bonds is 4. The van der Waals surface area contributed by atoms with Crippen LogP contribution in [-0.4, -0.2) is 43.2 Å². The van der Waals surface area contributed by atoms with E-state index in [0.29, 0.717) is 6.54 Å². The zero-order valence-corrected chi connectivity index (χ0v) is 11.2. The van der Waals surface area contributed by atoms with Crippen molar-refractivity contribution in [3.05, 3.63) is 0 Å². The molecule has 0 aromatic carbocycles. The zero-order valence-electron chi connectivity index (χ0n) is 10.4. The Hall–Kier alpha value is -0.130. The first-order valence-electron chi connectivity index (χ1n) is 5.85. The van der Waals surface area contributed by atoms with Gasteiger partial charge in [0.15, 0.2) is 9.84 Å². The van der Waals surface area contributed by atoms with Gasteiger partial charge in [-0.05, 0) is 26.7 Å². The minimum absolute atomic E-state index is 0.00447. The summed E-state index contributed by atoms with van der Waals surface area (Å²) in [4.78, 5) is 0. The van der Waals surface area contributed by atoms with E-state index in [2.05, 4.69) is 5.32 Å². The van der Waals surface area contributed by atoms with Gasteiger partial charge in [0, 0.05) is 18.8 Å². The van der Waals surface area contributed by atoms with Crippen LogP contribution in [0.4, 0.5) is 0 Å². The number of nitrogens with one attached hydrogen (secondary N) is 1. The summed E-state index contributed by atoms with van der Waals surface area (Å²) in [6.07, 6.45) is 4.98. The van der Waals surface area contributed by atoms with Gasteiger partial charge in [-0.25, -0.2) is 8.42 Å². The number of sulfone groups is 1. The van der Waals surface area contributed by atoms with Gasteiger partial charge in [-0.3, -0.25) is 0 Å². The second-order valence-electron chi connectivity index (χ2n) is 5.45. The molecule has 2 unspecified atom stereocenters. The first-order chi connectivity index (χ1) is 7.20. The summed E-state index contributed by atoms with van der Waals surface area (Å²) >= 11 is 0. The normalized spacial score (nSPS) is 28.0. The molecule has 1 aliphatic rings. The van der Waals surface area contributed by atoms with Crippen molar-refractivity contribution in [2.24, 2.45) is 0 Å². The molecule has 0 heterocycles. The van der Waals surface area contributed by atoms with Crippen LogP contribution in [0.3, 0.4) is 0 Å². The van der Waals surface area contributed by atoms with E-state index in [1.807, 2.05) is 0 Å². The van der Waals surface area contributed by atoms with Gasteiger partial charge in [0.25, 0.3) is 0 Å². The third-order valence-electron chi connectivity index (χ3n) is 3.05. The zero-order chi connectivity index (χ0) is 12.4. The Morgan fingerprint density at radius 2 is 1.88 bits per heavy atom. The van der Waals surface area contributed by atoms with E-state index in [1.54, 1.807) is 13.8 Å². The molecule has 0 aliphatic heterocycles. The largest absolute Gasteiger partial charge is 0.389 e. The lowest BCUT2D eigenvalue weighted by Crippen LogP contribution is -2.50. The quantitative estimate of drug-likeness (QED) is 0.770. The standard InChI is InChI=1S/C11H23NO3S/c1-11(2,13)8-12-9-6-4-5-7-10(9)16(3,14)15/h9-10,12-13H,4-8H2,1-3H3. The fraction of sp³-hybridized carbons (Fsp3) is 1.00. The van der Waals surface area contributed by atoms with E-state index >= 15 is 0 Å². The topological polar surface area (TPSA) is 66.4 Å². The van der Waals surface area contributed by atoms with Gasteiger partial charge in [0.1, 0.15) is 0 Å². The van der Waals surface area contributed by atoms with E-state index < -0.39 is 15.4 Å². The molecule has 0 amide bonds. The lowest BCUT2D eigenvalue weighted by atomic mass is 9.94. The van der Waals surface area contributed by atoms with Gasteiger partial charge in [0.05, 0.1) is 10.9 Å². The molecule has 0 spiro atoms. The Morgan fingerprint density at radius 1 is 1.31 bits per heavy atom. The molecule has 0 aromatic rings. The van der Waals surface area contributed by atoms with Crippen LogP contribution in [0.25, 0.3) is 0 Å². The SMILES string of the molecule is CC(C)(O)CNC1CCCCC1S(C)(=O)=O. The molecule has 0 saturated heterocycles. The van der Waals surface area contributed by atoms with Crippen molar-refractivity contribution >= 4 is 9.84 Å². The van der Waals surface area contributed by atoms with Crippen molar-refractivity contribution in [1.82, 2.24) is 5.32 Å². The molecule has 96 valence electrons. The van der Waals surface area contributed by atoms with Gasteiger partial charge in [-0.2, -0.15) is 0 Å². The highest BCUT2D eigenvalue weighted by Crippen LogP contribution is 2.24. The van der Waals surface area contributed by atoms with Crippen molar-refractivity contribution in [2.75, 3.05) is 12.8 Å². The summed E-state index contributed by atoms with van der Waals surface area (Å²) in [5.74, 6) is 0. The molecule has 4 nitrogen and oxygen atoms in total. The lowest BCUT2D eigenvalue weighted by Gasteiger charge is -2.32. The Balaban J connectivity index is 2.62. The highest BCUT2D eigenvalue weighted by atomic mass is 32.2. The molecule has 5 heteroatoms. The van der Waals surface area contributed by atoms with E-state index in [1.165, 1.54) is 6.26 Å². The summed E-state index contributed by atoms with van der Waals surface area (Å²) in [5.41, 5.74) is -0.792. The maximum atomic E-state index is 11.6. The molecule has 0 radical (unpaired) electrons. The molecule has 0 aromatic heterocycles. The maximum Gasteiger partial charge on any atom is 0.151 e. The van der Waals surface area contributed by atoms with E-state index in [-0.39, 0.29) is 11.3 Å². The Labute approximate surface area is 98.4 Å². The molecule has 1 fully saturated rings. The van der Waals surface area contributed by atoms with Crippen LogP contribution >= 0.6 is 0 Å². The summed E-state index contributed by atoms with van der Waals surface area (Å²) < 4.78 is 23.2. The third kappa shape index (κ3) is 4.39. The molecular formula is C11H23NO3S. The fourth-order valence-corrected chi connectivity index (χ4v) is 3.65. The molecule has 2 N–H and O–H groups in total. The minimum atomic E-state index is -2.99. The smallest absolute Gasteiger partial charge is 0.151 e. The van der Waals surface area contributed by atoms with Crippen LogP contribution < -0.4 is 5.32 Å². The van der Waals surface area contributed by atoms with Crippen LogP contribution in [0.15, 0.2) is 0 Å². The number of hydrogen-bond donors (Lipinski definition) is 2. The Kier molecular flexibility index (Phi) is 4.37. The van der Waals surface area contributed by atoms with Gasteiger partial charge in [0.2, 0.25) is 0 Å². The van der Waals surface area contributed by atoms with E-state index in [0.717, 1.165) is 25.7 Å². The van der Waals surface area contributed by atoms with Crippen LogP contribution in [0.2, 0.25) is 0 Å². The monoisotopic (exact) mass is 249 g/mol. The molecule has 1 rings (SSSR count). The second-order valence-corrected chi connectivity index (χ2v) is 7.72. The summed E-state index contributed by atoms with van der Waals surface area (Å²) in [6.45, 7) is 3.88. The lowest BCUT2D eigenvalue weighted by molar-refractivity contribution is 0.0747. The van der Waals surface area contributed by atoms with Crippen molar-refractivity contribution in [1.29, 1.82) is 0 Å². The highest BCUT2D eigenvalue weighted by Gasteiger charge is 2.33. The predicted molar refractivity (Wildman–Crippen MR) is 65.2 cm³/mol. The van der Waals surface area contributed by atoms with Crippen LogP contribution in [0.1, 0.15) is 39.5 Å². The predicted octanol–water partition coefficient (Wildman–Crippen LogP) is 0.703. The first-order valence-corrected chi connectivity index (χ1v) is 7.80. The van der Waals surface area contributed by atoms with E-state index in [9.17, 15) is 13.5 Å².